The van der Waals surface area contributed by atoms with Crippen molar-refractivity contribution in [2.75, 3.05) is 5.32 Å². The van der Waals surface area contributed by atoms with Crippen molar-refractivity contribution >= 4 is 43.8 Å². The van der Waals surface area contributed by atoms with Crippen molar-refractivity contribution in [3.8, 4) is 0 Å². The van der Waals surface area contributed by atoms with Gasteiger partial charge in [-0.15, -0.1) is 0 Å². The normalized spacial score (nSPS) is 12.4. The van der Waals surface area contributed by atoms with Crippen molar-refractivity contribution in [3.05, 3.63) is 126 Å². The lowest BCUT2D eigenvalue weighted by Crippen LogP contribution is -2.19. The van der Waals surface area contributed by atoms with Gasteiger partial charge in [-0.1, -0.05) is 78.4 Å². The summed E-state index contributed by atoms with van der Waals surface area (Å²) in [5.74, 6) is -0.314. The van der Waals surface area contributed by atoms with Crippen LogP contribution in [0.25, 0.3) is 22.2 Å². The van der Waals surface area contributed by atoms with E-state index in [1.165, 1.54) is 0 Å². The summed E-state index contributed by atoms with van der Waals surface area (Å²) < 4.78 is 30.5. The third kappa shape index (κ3) is 4.42. The van der Waals surface area contributed by atoms with Gasteiger partial charge in [0.05, 0.1) is 22.0 Å². The molecule has 2 heterocycles. The van der Waals surface area contributed by atoms with Crippen LogP contribution in [0.3, 0.4) is 0 Å². The molecule has 0 fully saturated rings. The number of rotatable bonds is 6. The summed E-state index contributed by atoms with van der Waals surface area (Å²) in [5, 5.41) is 2.94. The number of amides is 1. The van der Waals surface area contributed by atoms with E-state index in [0.717, 1.165) is 11.1 Å². The number of hydrogen-bond donors (Lipinski definition) is 1. The molecule has 4 aromatic carbocycles. The molecule has 0 radical (unpaired) electrons. The van der Waals surface area contributed by atoms with Gasteiger partial charge in [-0.3, -0.25) is 4.79 Å². The molecule has 198 valence electrons. The molecule has 1 atom stereocenters. The van der Waals surface area contributed by atoms with Gasteiger partial charge in [0.1, 0.15) is 16.2 Å². The van der Waals surface area contributed by atoms with Crippen molar-refractivity contribution < 1.29 is 13.2 Å². The third-order valence-electron chi connectivity index (χ3n) is 6.99. The predicted molar refractivity (Wildman–Crippen MR) is 156 cm³/mol. The topological polar surface area (TPSA) is 94.0 Å². The first kappa shape index (κ1) is 25.5. The van der Waals surface area contributed by atoms with Gasteiger partial charge in [0.25, 0.3) is 5.91 Å². The first-order valence-electron chi connectivity index (χ1n) is 12.9. The number of fused-ring (bicyclic) bond motifs is 2. The van der Waals surface area contributed by atoms with Gasteiger partial charge in [-0.05, 0) is 55.8 Å². The van der Waals surface area contributed by atoms with Crippen LogP contribution in [0, 0.1) is 6.92 Å². The van der Waals surface area contributed by atoms with E-state index in [-0.39, 0.29) is 27.2 Å². The van der Waals surface area contributed by atoms with Gasteiger partial charge in [-0.2, -0.15) is 0 Å². The number of carbonyl (C=O) groups excluding carboxylic acids is 1. The number of sulfone groups is 1. The van der Waals surface area contributed by atoms with E-state index in [1.54, 1.807) is 59.2 Å². The van der Waals surface area contributed by atoms with Crippen LogP contribution in [0.2, 0.25) is 0 Å². The Bertz CT molecular complexity index is 1970. The van der Waals surface area contributed by atoms with E-state index in [1.807, 2.05) is 68.4 Å². The minimum absolute atomic E-state index is 0.0864. The summed E-state index contributed by atoms with van der Waals surface area (Å²) in [6.45, 7) is 3.85. The summed E-state index contributed by atoms with van der Waals surface area (Å²) in [6.07, 6.45) is 0. The Morgan fingerprint density at radius 1 is 0.775 bits per heavy atom. The number of carbonyl (C=O) groups is 1. The number of aryl methyl sites for hydroxylation is 1. The van der Waals surface area contributed by atoms with E-state index in [0.29, 0.717) is 22.2 Å². The van der Waals surface area contributed by atoms with Gasteiger partial charge in [0, 0.05) is 5.56 Å². The minimum Gasteiger partial charge on any atom is -0.307 e. The maximum Gasteiger partial charge on any atom is 0.256 e. The fourth-order valence-electron chi connectivity index (χ4n) is 4.87. The molecular weight excluding hydrogens is 520 g/mol. The lowest BCUT2D eigenvalue weighted by atomic mass is 10.1. The Balaban J connectivity index is 1.71. The Kier molecular flexibility index (Phi) is 6.40. The number of aromatic nitrogens is 3. The van der Waals surface area contributed by atoms with Crippen LogP contribution in [-0.2, 0) is 9.84 Å². The highest BCUT2D eigenvalue weighted by molar-refractivity contribution is 7.92. The smallest absolute Gasteiger partial charge is 0.256 e. The number of nitrogens with zero attached hydrogens (tertiary/aromatic N) is 3. The van der Waals surface area contributed by atoms with Crippen molar-refractivity contribution in [3.63, 3.8) is 0 Å². The number of benzene rings is 4. The van der Waals surface area contributed by atoms with Crippen LogP contribution < -0.4 is 5.32 Å². The standard InChI is InChI=1S/C32H26N4O3S/c1-21-17-19-25(20-18-21)40(38,39)29-28-30(34-27-16-10-9-15-26(27)33-28)36(22(2)23-11-5-3-6-12-23)31(29)35-32(37)24-13-7-4-8-14-24/h3-20,22H,1-2H3,(H,35,37)/t22-/m0/s1. The molecule has 0 bridgehead atoms. The van der Waals surface area contributed by atoms with E-state index < -0.39 is 15.7 Å². The Morgan fingerprint density at radius 2 is 1.35 bits per heavy atom. The molecule has 0 saturated heterocycles. The van der Waals surface area contributed by atoms with E-state index >= 15 is 0 Å². The molecule has 0 unspecified atom stereocenters. The largest absolute Gasteiger partial charge is 0.307 e. The number of anilines is 1. The SMILES string of the molecule is Cc1ccc(S(=O)(=O)c2c(NC(=O)c3ccccc3)n([C@@H](C)c3ccccc3)c3nc4ccccc4nc23)cc1. The Hall–Kier alpha value is -4.82. The molecule has 7 nitrogen and oxygen atoms in total. The maximum atomic E-state index is 14.4. The third-order valence-corrected chi connectivity index (χ3v) is 8.81. The predicted octanol–water partition coefficient (Wildman–Crippen LogP) is 6.59. The summed E-state index contributed by atoms with van der Waals surface area (Å²) in [6, 6.07) is 32.0. The molecule has 6 rings (SSSR count). The summed E-state index contributed by atoms with van der Waals surface area (Å²) in [4.78, 5) is 23.3. The molecule has 0 saturated carbocycles. The lowest BCUT2D eigenvalue weighted by molar-refractivity contribution is 0.102. The average molecular weight is 547 g/mol. The fraction of sp³-hybridized carbons (Fsp3) is 0.0938. The van der Waals surface area contributed by atoms with Crippen LogP contribution in [-0.4, -0.2) is 28.9 Å². The highest BCUT2D eigenvalue weighted by Gasteiger charge is 2.34. The van der Waals surface area contributed by atoms with Crippen molar-refractivity contribution in [2.24, 2.45) is 0 Å². The zero-order valence-corrected chi connectivity index (χ0v) is 22.8. The van der Waals surface area contributed by atoms with Crippen LogP contribution >= 0.6 is 0 Å². The van der Waals surface area contributed by atoms with Crippen LogP contribution in [0.5, 0.6) is 0 Å². The van der Waals surface area contributed by atoms with E-state index in [2.05, 4.69) is 5.32 Å². The van der Waals surface area contributed by atoms with Crippen molar-refractivity contribution in [2.45, 2.75) is 29.7 Å². The lowest BCUT2D eigenvalue weighted by Gasteiger charge is -2.20. The number of para-hydroxylation sites is 2. The van der Waals surface area contributed by atoms with Gasteiger partial charge < -0.3 is 9.88 Å². The first-order valence-corrected chi connectivity index (χ1v) is 14.4. The average Bonchev–Trinajstić information content (AvgIpc) is 3.29. The molecule has 40 heavy (non-hydrogen) atoms. The molecule has 0 aliphatic rings. The number of hydrogen-bond acceptors (Lipinski definition) is 5. The zero-order chi connectivity index (χ0) is 27.9. The van der Waals surface area contributed by atoms with Crippen molar-refractivity contribution in [1.82, 2.24) is 14.5 Å². The van der Waals surface area contributed by atoms with Crippen LogP contribution in [0.4, 0.5) is 5.82 Å². The molecule has 1 N–H and O–H groups in total. The molecule has 2 aromatic heterocycles. The van der Waals surface area contributed by atoms with Crippen LogP contribution in [0.15, 0.2) is 119 Å². The van der Waals surface area contributed by atoms with Crippen molar-refractivity contribution in [1.29, 1.82) is 0 Å². The maximum absolute atomic E-state index is 14.4. The first-order chi connectivity index (χ1) is 19.3. The molecule has 1 amide bonds. The zero-order valence-electron chi connectivity index (χ0n) is 21.9. The summed E-state index contributed by atoms with van der Waals surface area (Å²) in [7, 11) is -4.14. The Labute approximate surface area is 232 Å². The second-order valence-corrected chi connectivity index (χ2v) is 11.5. The molecule has 0 spiro atoms. The minimum atomic E-state index is -4.14. The summed E-state index contributed by atoms with van der Waals surface area (Å²) in [5.41, 5.74) is 3.99. The van der Waals surface area contributed by atoms with Crippen LogP contribution in [0.1, 0.15) is 34.5 Å². The van der Waals surface area contributed by atoms with Gasteiger partial charge in [0.15, 0.2) is 5.65 Å². The quantitative estimate of drug-likeness (QED) is 0.254. The van der Waals surface area contributed by atoms with Gasteiger partial charge in [0.2, 0.25) is 9.84 Å². The second-order valence-electron chi connectivity index (χ2n) is 9.66. The van der Waals surface area contributed by atoms with E-state index in [4.69, 9.17) is 9.97 Å². The summed E-state index contributed by atoms with van der Waals surface area (Å²) >= 11 is 0. The molecule has 0 aliphatic heterocycles. The number of nitrogens with one attached hydrogen (secondary N) is 1. The molecule has 0 aliphatic carbocycles. The molecular formula is C32H26N4O3S. The van der Waals surface area contributed by atoms with Gasteiger partial charge in [-0.25, -0.2) is 18.4 Å². The van der Waals surface area contributed by atoms with E-state index in [9.17, 15) is 13.2 Å². The highest BCUT2D eigenvalue weighted by Crippen LogP contribution is 2.40. The van der Waals surface area contributed by atoms with Gasteiger partial charge >= 0.3 is 0 Å². The highest BCUT2D eigenvalue weighted by atomic mass is 32.2. The molecule has 8 heteroatoms. The Morgan fingerprint density at radius 3 is 2.00 bits per heavy atom. The monoisotopic (exact) mass is 546 g/mol. The fourth-order valence-corrected chi connectivity index (χ4v) is 6.40. The molecule has 6 aromatic rings. The second kappa shape index (κ2) is 10.1.